The lowest BCUT2D eigenvalue weighted by Crippen LogP contribution is -2.59. The number of rotatable bonds is 6. The van der Waals surface area contributed by atoms with E-state index in [-0.39, 0.29) is 6.61 Å². The van der Waals surface area contributed by atoms with Crippen LogP contribution in [0.5, 0.6) is 0 Å². The van der Waals surface area contributed by atoms with Gasteiger partial charge in [0.25, 0.3) is 5.91 Å². The van der Waals surface area contributed by atoms with Gasteiger partial charge in [-0.1, -0.05) is 36.4 Å². The second kappa shape index (κ2) is 6.53. The lowest BCUT2D eigenvalue weighted by Gasteiger charge is -2.32. The van der Waals surface area contributed by atoms with Crippen molar-refractivity contribution in [3.05, 3.63) is 48.6 Å². The minimum atomic E-state index is -4.92. The van der Waals surface area contributed by atoms with E-state index >= 15 is 0 Å². The van der Waals surface area contributed by atoms with Crippen molar-refractivity contribution >= 4 is 5.91 Å². The summed E-state index contributed by atoms with van der Waals surface area (Å²) in [6.07, 6.45) is -4.68. The number of ether oxygens (including phenoxy) is 1. The van der Waals surface area contributed by atoms with Gasteiger partial charge in [-0.15, -0.1) is 6.58 Å². The lowest BCUT2D eigenvalue weighted by atomic mass is 9.97. The predicted octanol–water partition coefficient (Wildman–Crippen LogP) is 2.07. The maximum absolute atomic E-state index is 13.2. The zero-order chi connectivity index (χ0) is 15.2. The molecule has 0 heterocycles. The smallest absolute Gasteiger partial charge is 0.352 e. The number of amides is 1. The van der Waals surface area contributed by atoms with Crippen LogP contribution in [0.25, 0.3) is 0 Å². The predicted molar refractivity (Wildman–Crippen MR) is 67.2 cm³/mol. The number of carbonyl (C=O) groups is 1. The molecular weight excluding hydrogens is 273 g/mol. The van der Waals surface area contributed by atoms with Gasteiger partial charge in [-0.05, 0) is 5.56 Å². The Morgan fingerprint density at radius 3 is 2.40 bits per heavy atom. The molecule has 1 aromatic carbocycles. The van der Waals surface area contributed by atoms with E-state index in [1.165, 1.54) is 5.43 Å². The van der Waals surface area contributed by atoms with Crippen LogP contribution in [0.1, 0.15) is 12.0 Å². The zero-order valence-electron chi connectivity index (χ0n) is 10.6. The summed E-state index contributed by atoms with van der Waals surface area (Å²) in [5.41, 5.74) is -1.03. The highest BCUT2D eigenvalue weighted by Gasteiger charge is 2.61. The van der Waals surface area contributed by atoms with E-state index in [1.54, 1.807) is 30.3 Å². The van der Waals surface area contributed by atoms with E-state index in [4.69, 9.17) is 10.6 Å². The number of carbonyl (C=O) groups excluding carboxylic acids is 1. The molecule has 0 saturated heterocycles. The minimum Gasteiger partial charge on any atom is -0.352 e. The van der Waals surface area contributed by atoms with Crippen LogP contribution in [-0.4, -0.2) is 17.7 Å². The van der Waals surface area contributed by atoms with Gasteiger partial charge in [-0.2, -0.15) is 13.2 Å². The van der Waals surface area contributed by atoms with Crippen molar-refractivity contribution in [1.82, 2.24) is 5.43 Å². The van der Waals surface area contributed by atoms with Crippen molar-refractivity contribution < 1.29 is 22.7 Å². The molecule has 1 rings (SSSR count). The van der Waals surface area contributed by atoms with Crippen molar-refractivity contribution in [3.8, 4) is 0 Å². The molecule has 4 nitrogen and oxygen atoms in total. The molecule has 1 amide bonds. The van der Waals surface area contributed by atoms with Crippen molar-refractivity contribution in [2.75, 3.05) is 0 Å². The maximum Gasteiger partial charge on any atom is 0.427 e. The molecule has 1 atom stereocenters. The van der Waals surface area contributed by atoms with Crippen LogP contribution in [-0.2, 0) is 16.1 Å². The molecule has 0 saturated carbocycles. The van der Waals surface area contributed by atoms with Gasteiger partial charge in [-0.25, -0.2) is 5.84 Å². The van der Waals surface area contributed by atoms with Crippen LogP contribution in [0.3, 0.4) is 0 Å². The average molecular weight is 288 g/mol. The zero-order valence-corrected chi connectivity index (χ0v) is 10.6. The van der Waals surface area contributed by atoms with Crippen LogP contribution in [0.2, 0.25) is 0 Å². The summed E-state index contributed by atoms with van der Waals surface area (Å²) in [6, 6.07) is 8.22. The average Bonchev–Trinajstić information content (AvgIpc) is 2.42. The van der Waals surface area contributed by atoms with Gasteiger partial charge >= 0.3 is 6.18 Å². The Balaban J connectivity index is 3.03. The number of nitrogens with one attached hydrogen (secondary N) is 1. The normalized spacial score (nSPS) is 14.4. The molecule has 7 heteroatoms. The van der Waals surface area contributed by atoms with E-state index in [2.05, 4.69) is 6.58 Å². The topological polar surface area (TPSA) is 64.3 Å². The summed E-state index contributed by atoms with van der Waals surface area (Å²) in [5, 5.41) is 0. The second-order valence-electron chi connectivity index (χ2n) is 4.07. The standard InChI is InChI=1S/C13H15F3N2O2/c1-2-8-12(11(19)18-17,13(14,15)16)20-9-10-6-4-3-5-7-10/h2-7H,1,8-9,17H2,(H,18,19)/t12-/m1/s1. The van der Waals surface area contributed by atoms with Gasteiger partial charge < -0.3 is 4.74 Å². The van der Waals surface area contributed by atoms with Crippen LogP contribution < -0.4 is 11.3 Å². The van der Waals surface area contributed by atoms with Crippen LogP contribution in [0.4, 0.5) is 13.2 Å². The number of halogens is 3. The number of hydrogen-bond donors (Lipinski definition) is 2. The van der Waals surface area contributed by atoms with Crippen LogP contribution in [0.15, 0.2) is 43.0 Å². The van der Waals surface area contributed by atoms with Gasteiger partial charge in [-0.3, -0.25) is 10.2 Å². The fourth-order valence-electron chi connectivity index (χ4n) is 1.64. The summed E-state index contributed by atoms with van der Waals surface area (Å²) in [5.74, 6) is 3.38. The van der Waals surface area contributed by atoms with Crippen molar-refractivity contribution in [1.29, 1.82) is 0 Å². The van der Waals surface area contributed by atoms with Gasteiger partial charge in [0, 0.05) is 6.42 Å². The lowest BCUT2D eigenvalue weighted by molar-refractivity contribution is -0.269. The van der Waals surface area contributed by atoms with E-state index in [9.17, 15) is 18.0 Å². The SMILES string of the molecule is C=CC[C@@](OCc1ccccc1)(C(=O)NN)C(F)(F)F. The first kappa shape index (κ1) is 16.2. The summed E-state index contributed by atoms with van der Waals surface area (Å²) < 4.78 is 44.5. The van der Waals surface area contributed by atoms with Gasteiger partial charge in [0.15, 0.2) is 0 Å². The Morgan fingerprint density at radius 2 is 1.95 bits per heavy atom. The molecule has 0 aromatic heterocycles. The van der Waals surface area contributed by atoms with E-state index in [0.717, 1.165) is 6.08 Å². The molecule has 20 heavy (non-hydrogen) atoms. The molecule has 0 unspecified atom stereocenters. The Kier molecular flexibility index (Phi) is 5.29. The Bertz CT molecular complexity index is 462. The number of alkyl halides is 3. The van der Waals surface area contributed by atoms with Crippen molar-refractivity contribution in [3.63, 3.8) is 0 Å². The molecule has 0 aliphatic rings. The number of benzene rings is 1. The highest BCUT2D eigenvalue weighted by Crippen LogP contribution is 2.37. The van der Waals surface area contributed by atoms with Crippen molar-refractivity contribution in [2.24, 2.45) is 5.84 Å². The molecule has 0 bridgehead atoms. The minimum absolute atomic E-state index is 0.373. The Hall–Kier alpha value is -1.86. The molecular formula is C13H15F3N2O2. The van der Waals surface area contributed by atoms with Gasteiger partial charge in [0.1, 0.15) is 0 Å². The maximum atomic E-state index is 13.2. The summed E-state index contributed by atoms with van der Waals surface area (Å²) in [4.78, 5) is 11.6. The van der Waals surface area contributed by atoms with E-state index in [1.807, 2.05) is 0 Å². The molecule has 1 aromatic rings. The fourth-order valence-corrected chi connectivity index (χ4v) is 1.64. The van der Waals surface area contributed by atoms with Gasteiger partial charge in [0.2, 0.25) is 5.60 Å². The molecule has 110 valence electrons. The highest BCUT2D eigenvalue weighted by molar-refractivity contribution is 5.86. The Morgan fingerprint density at radius 1 is 1.35 bits per heavy atom. The third-order valence-electron chi connectivity index (χ3n) is 2.72. The van der Waals surface area contributed by atoms with Crippen molar-refractivity contribution in [2.45, 2.75) is 24.8 Å². The van der Waals surface area contributed by atoms with E-state index < -0.39 is 24.1 Å². The third kappa shape index (κ3) is 3.37. The molecule has 0 aliphatic heterocycles. The summed E-state index contributed by atoms with van der Waals surface area (Å²) in [7, 11) is 0. The first-order chi connectivity index (χ1) is 9.37. The largest absolute Gasteiger partial charge is 0.427 e. The second-order valence-corrected chi connectivity index (χ2v) is 4.07. The number of nitrogens with two attached hydrogens (primary N) is 1. The molecule has 0 aliphatic carbocycles. The van der Waals surface area contributed by atoms with Crippen LogP contribution in [0, 0.1) is 0 Å². The number of hydrazine groups is 1. The first-order valence-corrected chi connectivity index (χ1v) is 5.74. The van der Waals surface area contributed by atoms with Gasteiger partial charge in [0.05, 0.1) is 6.61 Å². The molecule has 0 radical (unpaired) electrons. The first-order valence-electron chi connectivity index (χ1n) is 5.74. The highest BCUT2D eigenvalue weighted by atomic mass is 19.4. The quantitative estimate of drug-likeness (QED) is 0.364. The molecule has 3 N–H and O–H groups in total. The summed E-state index contributed by atoms with van der Waals surface area (Å²) >= 11 is 0. The molecule has 0 spiro atoms. The molecule has 0 fully saturated rings. The monoisotopic (exact) mass is 288 g/mol. The fraction of sp³-hybridized carbons (Fsp3) is 0.308. The number of hydrogen-bond acceptors (Lipinski definition) is 3. The van der Waals surface area contributed by atoms with E-state index in [0.29, 0.717) is 5.56 Å². The van der Waals surface area contributed by atoms with Crippen LogP contribution >= 0.6 is 0 Å². The Labute approximate surface area is 114 Å². The summed E-state index contributed by atoms with van der Waals surface area (Å²) in [6.45, 7) is 2.86. The third-order valence-corrected chi connectivity index (χ3v) is 2.72.